The zero-order valence-corrected chi connectivity index (χ0v) is 14.2. The lowest BCUT2D eigenvalue weighted by atomic mass is 10.1. The van der Waals surface area contributed by atoms with Crippen LogP contribution in [0.2, 0.25) is 0 Å². The lowest BCUT2D eigenvalue weighted by molar-refractivity contribution is 0.577. The Hall–Kier alpha value is -4.34. The molecule has 0 amide bonds. The molecule has 0 aliphatic rings. The molecular weight excluding hydrogens is 360 g/mol. The van der Waals surface area contributed by atoms with Gasteiger partial charge in [0.05, 0.1) is 0 Å². The minimum Gasteiger partial charge on any atom is -0.413 e. The van der Waals surface area contributed by atoms with Gasteiger partial charge in [0, 0.05) is 35.9 Å². The molecule has 0 aliphatic carbocycles. The van der Waals surface area contributed by atoms with E-state index in [4.69, 9.17) is 8.83 Å². The first-order chi connectivity index (χ1) is 13.9. The predicted molar refractivity (Wildman–Crippen MR) is 95.1 cm³/mol. The van der Waals surface area contributed by atoms with E-state index >= 15 is 0 Å². The molecule has 0 unspecified atom stereocenters. The molecule has 10 heteroatoms. The van der Waals surface area contributed by atoms with Crippen LogP contribution in [-0.2, 0) is 0 Å². The summed E-state index contributed by atoms with van der Waals surface area (Å²) in [5.41, 5.74) is 1.39. The Morgan fingerprint density at radius 1 is 0.500 bits per heavy atom. The smallest absolute Gasteiger partial charge is 0.286 e. The molecule has 0 spiro atoms. The van der Waals surface area contributed by atoms with E-state index in [2.05, 4.69) is 40.3 Å². The number of aromatic nitrogens is 8. The number of hydrogen-bond donors (Lipinski definition) is 0. The average Bonchev–Trinajstić information content (AvgIpc) is 3.46. The minimum atomic E-state index is 0.238. The van der Waals surface area contributed by atoms with Crippen LogP contribution in [0.4, 0.5) is 0 Å². The van der Waals surface area contributed by atoms with Crippen LogP contribution >= 0.6 is 0 Å². The van der Waals surface area contributed by atoms with Gasteiger partial charge < -0.3 is 8.83 Å². The Balaban J connectivity index is 1.46. The highest BCUT2D eigenvalue weighted by atomic mass is 16.4. The Morgan fingerprint density at radius 2 is 0.929 bits per heavy atom. The molecule has 0 aliphatic heterocycles. The van der Waals surface area contributed by atoms with Gasteiger partial charge in [-0.3, -0.25) is 0 Å². The van der Waals surface area contributed by atoms with Gasteiger partial charge in [-0.1, -0.05) is 6.07 Å². The topological polar surface area (TPSA) is 129 Å². The Bertz CT molecular complexity index is 1130. The van der Waals surface area contributed by atoms with E-state index in [9.17, 15) is 0 Å². The van der Waals surface area contributed by atoms with Crippen molar-refractivity contribution in [1.29, 1.82) is 0 Å². The van der Waals surface area contributed by atoms with Crippen LogP contribution in [0, 0.1) is 0 Å². The maximum atomic E-state index is 5.69. The van der Waals surface area contributed by atoms with E-state index in [1.807, 2.05) is 24.3 Å². The predicted octanol–water partition coefficient (Wildman–Crippen LogP) is 2.70. The molecule has 28 heavy (non-hydrogen) atoms. The van der Waals surface area contributed by atoms with Crippen LogP contribution in [-0.4, -0.2) is 40.3 Å². The fourth-order valence-electron chi connectivity index (χ4n) is 2.46. The first kappa shape index (κ1) is 15.9. The van der Waals surface area contributed by atoms with Crippen LogP contribution in [0.15, 0.2) is 70.0 Å². The third kappa shape index (κ3) is 2.98. The van der Waals surface area contributed by atoms with E-state index in [1.165, 1.54) is 0 Å². The highest BCUT2D eigenvalue weighted by Gasteiger charge is 2.16. The second-order valence-corrected chi connectivity index (χ2v) is 5.55. The van der Waals surface area contributed by atoms with Crippen molar-refractivity contribution in [2.45, 2.75) is 0 Å². The van der Waals surface area contributed by atoms with Gasteiger partial charge in [0.15, 0.2) is 0 Å². The lowest BCUT2D eigenvalue weighted by Crippen LogP contribution is -1.85. The zero-order valence-electron chi connectivity index (χ0n) is 14.2. The van der Waals surface area contributed by atoms with Crippen molar-refractivity contribution in [1.82, 2.24) is 40.3 Å². The summed E-state index contributed by atoms with van der Waals surface area (Å²) in [7, 11) is 0. The molecule has 0 saturated carbocycles. The highest BCUT2D eigenvalue weighted by Crippen LogP contribution is 2.27. The number of hydrogen-bond acceptors (Lipinski definition) is 10. The van der Waals surface area contributed by atoms with E-state index < -0.39 is 0 Å². The molecule has 0 saturated heterocycles. The maximum absolute atomic E-state index is 5.69. The molecule has 0 N–H and O–H groups in total. The summed E-state index contributed by atoms with van der Waals surface area (Å²) < 4.78 is 11.4. The molecule has 10 nitrogen and oxygen atoms in total. The summed E-state index contributed by atoms with van der Waals surface area (Å²) in [5.74, 6) is 1.86. The fraction of sp³-hybridized carbons (Fsp3) is 0. The van der Waals surface area contributed by atoms with E-state index in [0.717, 1.165) is 0 Å². The van der Waals surface area contributed by atoms with Gasteiger partial charge in [-0.15, -0.1) is 20.4 Å². The van der Waals surface area contributed by atoms with Crippen molar-refractivity contribution in [3.8, 4) is 46.3 Å². The summed E-state index contributed by atoms with van der Waals surface area (Å²) in [6.45, 7) is 0. The van der Waals surface area contributed by atoms with Crippen molar-refractivity contribution in [2.75, 3.05) is 0 Å². The third-order valence-corrected chi connectivity index (χ3v) is 3.72. The molecule has 1 aromatic carbocycles. The number of rotatable bonds is 4. The van der Waals surface area contributed by atoms with Crippen molar-refractivity contribution in [3.05, 3.63) is 61.2 Å². The third-order valence-electron chi connectivity index (χ3n) is 3.72. The number of nitrogens with zero attached hydrogens (tertiary/aromatic N) is 8. The van der Waals surface area contributed by atoms with Crippen LogP contribution in [0.1, 0.15) is 0 Å². The Kier molecular flexibility index (Phi) is 3.83. The average molecular weight is 370 g/mol. The quantitative estimate of drug-likeness (QED) is 0.465. The molecule has 0 atom stereocenters. The molecule has 0 bridgehead atoms. The molecule has 5 rings (SSSR count). The fourth-order valence-corrected chi connectivity index (χ4v) is 2.46. The molecule has 134 valence electrons. The summed E-state index contributed by atoms with van der Waals surface area (Å²) in [6.07, 6.45) is 6.43. The second kappa shape index (κ2) is 6.76. The molecule has 5 aromatic rings. The van der Waals surface area contributed by atoms with Gasteiger partial charge in [0.1, 0.15) is 0 Å². The van der Waals surface area contributed by atoms with Crippen LogP contribution < -0.4 is 0 Å². The van der Waals surface area contributed by atoms with Gasteiger partial charge in [-0.2, -0.15) is 0 Å². The lowest BCUT2D eigenvalue weighted by Gasteiger charge is -1.98. The van der Waals surface area contributed by atoms with E-state index in [0.29, 0.717) is 34.6 Å². The summed E-state index contributed by atoms with van der Waals surface area (Å²) in [4.78, 5) is 16.4. The highest BCUT2D eigenvalue weighted by molar-refractivity contribution is 5.65. The van der Waals surface area contributed by atoms with Crippen molar-refractivity contribution < 1.29 is 8.83 Å². The summed E-state index contributed by atoms with van der Waals surface area (Å²) in [5, 5.41) is 16.1. The maximum Gasteiger partial charge on any atom is 0.286 e. The SMILES string of the molecule is c1cnc(-c2nnc(-c3cccc(-c4nnc(-c5ncccn5)o4)c3)o2)nc1. The van der Waals surface area contributed by atoms with Gasteiger partial charge in [0.25, 0.3) is 11.8 Å². The number of benzene rings is 1. The summed E-state index contributed by atoms with van der Waals surface area (Å²) in [6, 6.07) is 10.7. The normalized spacial score (nSPS) is 10.9. The Labute approximate surface area is 157 Å². The standard InChI is InChI=1S/C18H10N8O2/c1-4-11(15-23-25-17(27-15)13-19-6-2-7-20-13)10-12(5-1)16-24-26-18(28-16)14-21-8-3-9-22-14/h1-10H. The molecule has 4 heterocycles. The van der Waals surface area contributed by atoms with E-state index in [-0.39, 0.29) is 11.8 Å². The molecule has 0 fully saturated rings. The van der Waals surface area contributed by atoms with Crippen molar-refractivity contribution in [3.63, 3.8) is 0 Å². The zero-order chi connectivity index (χ0) is 18.8. The Morgan fingerprint density at radius 3 is 1.39 bits per heavy atom. The van der Waals surface area contributed by atoms with Crippen LogP contribution in [0.3, 0.4) is 0 Å². The molecule has 0 radical (unpaired) electrons. The van der Waals surface area contributed by atoms with Crippen LogP contribution in [0.25, 0.3) is 46.3 Å². The van der Waals surface area contributed by atoms with Gasteiger partial charge in [-0.05, 0) is 30.3 Å². The van der Waals surface area contributed by atoms with Crippen molar-refractivity contribution >= 4 is 0 Å². The van der Waals surface area contributed by atoms with E-state index in [1.54, 1.807) is 36.9 Å². The molecule has 4 aromatic heterocycles. The van der Waals surface area contributed by atoms with Gasteiger partial charge in [-0.25, -0.2) is 19.9 Å². The minimum absolute atomic E-state index is 0.238. The largest absolute Gasteiger partial charge is 0.413 e. The van der Waals surface area contributed by atoms with Crippen molar-refractivity contribution in [2.24, 2.45) is 0 Å². The first-order valence-electron chi connectivity index (χ1n) is 8.19. The monoisotopic (exact) mass is 370 g/mol. The van der Waals surface area contributed by atoms with Crippen LogP contribution in [0.5, 0.6) is 0 Å². The van der Waals surface area contributed by atoms with Gasteiger partial charge in [0.2, 0.25) is 23.4 Å². The molecular formula is C18H10N8O2. The summed E-state index contributed by atoms with van der Waals surface area (Å²) >= 11 is 0. The second-order valence-electron chi connectivity index (χ2n) is 5.55. The van der Waals surface area contributed by atoms with Gasteiger partial charge >= 0.3 is 0 Å². The first-order valence-corrected chi connectivity index (χ1v) is 8.19.